The minimum Gasteiger partial charge on any atom is -0.370 e. The van der Waals surface area contributed by atoms with Crippen LogP contribution in [-0.2, 0) is 4.79 Å². The van der Waals surface area contributed by atoms with Gasteiger partial charge in [0.25, 0.3) is 0 Å². The lowest BCUT2D eigenvalue weighted by molar-refractivity contribution is -0.112. The standard InChI is InChI=1S/C13H15FN6OS.C9H12/c1-20(2)13(15)19-11(9(14)6-21)12-18-5-10(22-12)8-3-16-7-17-4-8;1-8(2)9-6-4-3-5-7-9/h3-7,9,11H,1-2H3,(H2,15,19);3-8H,1-2H3. The predicted molar refractivity (Wildman–Crippen MR) is 123 cm³/mol. The average molecular weight is 443 g/mol. The second kappa shape index (κ2) is 11.8. The van der Waals surface area contributed by atoms with Crippen molar-refractivity contribution in [2.24, 2.45) is 10.7 Å². The number of aromatic nitrogens is 3. The van der Waals surface area contributed by atoms with Gasteiger partial charge in [-0.05, 0) is 11.5 Å². The summed E-state index contributed by atoms with van der Waals surface area (Å²) in [4.78, 5) is 29.2. The van der Waals surface area contributed by atoms with Gasteiger partial charge in [0, 0.05) is 38.2 Å². The SMILES string of the molecule is CC(C)c1ccccc1.CN(C)C(N)=NC(c1ncc(-c2cncnc2)s1)C(F)C=O. The summed E-state index contributed by atoms with van der Waals surface area (Å²) in [6, 6.07) is 9.45. The van der Waals surface area contributed by atoms with E-state index >= 15 is 0 Å². The number of benzene rings is 1. The number of hydrogen-bond acceptors (Lipinski definition) is 6. The molecule has 0 amide bonds. The third-order valence-corrected chi connectivity index (χ3v) is 5.37. The van der Waals surface area contributed by atoms with Crippen LogP contribution in [-0.4, -0.2) is 52.4 Å². The molecule has 0 fully saturated rings. The molecule has 0 bridgehead atoms. The van der Waals surface area contributed by atoms with Crippen LogP contribution in [0.4, 0.5) is 4.39 Å². The van der Waals surface area contributed by atoms with Crippen LogP contribution in [0.15, 0.2) is 60.2 Å². The Balaban J connectivity index is 0.000000316. The third-order valence-electron chi connectivity index (χ3n) is 4.25. The van der Waals surface area contributed by atoms with Crippen molar-refractivity contribution < 1.29 is 9.18 Å². The maximum Gasteiger partial charge on any atom is 0.191 e. The van der Waals surface area contributed by atoms with E-state index in [0.29, 0.717) is 10.9 Å². The first-order valence-electron chi connectivity index (χ1n) is 9.69. The van der Waals surface area contributed by atoms with Crippen LogP contribution in [0.2, 0.25) is 0 Å². The van der Waals surface area contributed by atoms with E-state index in [4.69, 9.17) is 5.73 Å². The van der Waals surface area contributed by atoms with Crippen molar-refractivity contribution >= 4 is 23.6 Å². The molecule has 31 heavy (non-hydrogen) atoms. The number of guanidine groups is 1. The van der Waals surface area contributed by atoms with E-state index < -0.39 is 12.2 Å². The lowest BCUT2D eigenvalue weighted by Crippen LogP contribution is -2.32. The summed E-state index contributed by atoms with van der Waals surface area (Å²) in [7, 11) is 3.36. The van der Waals surface area contributed by atoms with Crippen LogP contribution >= 0.6 is 11.3 Å². The highest BCUT2D eigenvalue weighted by Crippen LogP contribution is 2.32. The predicted octanol–water partition coefficient (Wildman–Crippen LogP) is 3.86. The molecule has 0 radical (unpaired) electrons. The summed E-state index contributed by atoms with van der Waals surface area (Å²) in [5.41, 5.74) is 7.89. The highest BCUT2D eigenvalue weighted by molar-refractivity contribution is 7.15. The van der Waals surface area contributed by atoms with Crippen molar-refractivity contribution in [2.45, 2.75) is 32.0 Å². The van der Waals surface area contributed by atoms with Crippen molar-refractivity contribution in [1.82, 2.24) is 19.9 Å². The summed E-state index contributed by atoms with van der Waals surface area (Å²) in [5.74, 6) is 0.778. The maximum atomic E-state index is 13.9. The summed E-state index contributed by atoms with van der Waals surface area (Å²) < 4.78 is 13.9. The van der Waals surface area contributed by atoms with E-state index in [-0.39, 0.29) is 12.2 Å². The van der Waals surface area contributed by atoms with Crippen LogP contribution in [0.25, 0.3) is 10.4 Å². The summed E-state index contributed by atoms with van der Waals surface area (Å²) in [6.45, 7) is 4.41. The molecule has 7 nitrogen and oxygen atoms in total. The smallest absolute Gasteiger partial charge is 0.191 e. The molecule has 164 valence electrons. The number of nitrogens with zero attached hydrogens (tertiary/aromatic N) is 5. The molecule has 0 saturated heterocycles. The van der Waals surface area contributed by atoms with Crippen LogP contribution < -0.4 is 5.73 Å². The first-order chi connectivity index (χ1) is 14.8. The van der Waals surface area contributed by atoms with Crippen LogP contribution in [0.5, 0.6) is 0 Å². The molecule has 0 saturated carbocycles. The van der Waals surface area contributed by atoms with E-state index in [0.717, 1.165) is 10.4 Å². The van der Waals surface area contributed by atoms with Gasteiger partial charge in [0.2, 0.25) is 0 Å². The van der Waals surface area contributed by atoms with Gasteiger partial charge in [-0.25, -0.2) is 24.3 Å². The molecule has 2 aromatic heterocycles. The highest BCUT2D eigenvalue weighted by Gasteiger charge is 2.26. The number of alkyl halides is 1. The lowest BCUT2D eigenvalue weighted by Gasteiger charge is -2.15. The molecule has 0 aliphatic carbocycles. The fourth-order valence-corrected chi connectivity index (χ4v) is 3.38. The Kier molecular flexibility index (Phi) is 9.20. The Bertz CT molecular complexity index is 962. The second-order valence-corrected chi connectivity index (χ2v) is 8.22. The van der Waals surface area contributed by atoms with E-state index in [9.17, 15) is 9.18 Å². The summed E-state index contributed by atoms with van der Waals surface area (Å²) in [6.07, 6.45) is 4.63. The topological polar surface area (TPSA) is 97.4 Å². The van der Waals surface area contributed by atoms with Gasteiger partial charge in [0.05, 0.1) is 4.88 Å². The molecular weight excluding hydrogens is 415 g/mol. The highest BCUT2D eigenvalue weighted by atomic mass is 32.1. The molecule has 9 heteroatoms. The number of rotatable bonds is 6. The lowest BCUT2D eigenvalue weighted by atomic mass is 10.0. The fourth-order valence-electron chi connectivity index (χ4n) is 2.42. The van der Waals surface area contributed by atoms with Gasteiger partial charge in [-0.1, -0.05) is 44.2 Å². The van der Waals surface area contributed by atoms with Crippen molar-refractivity contribution in [1.29, 1.82) is 0 Å². The van der Waals surface area contributed by atoms with Crippen molar-refractivity contribution in [3.63, 3.8) is 0 Å². The zero-order valence-corrected chi connectivity index (χ0v) is 18.8. The minimum absolute atomic E-state index is 0.120. The fraction of sp³-hybridized carbons (Fsp3) is 0.318. The van der Waals surface area contributed by atoms with Crippen molar-refractivity contribution in [2.75, 3.05) is 14.1 Å². The largest absolute Gasteiger partial charge is 0.370 e. The van der Waals surface area contributed by atoms with Gasteiger partial charge in [-0.2, -0.15) is 0 Å². The van der Waals surface area contributed by atoms with Gasteiger partial charge < -0.3 is 15.4 Å². The molecule has 2 N–H and O–H groups in total. The van der Waals surface area contributed by atoms with E-state index in [2.05, 4.69) is 58.1 Å². The van der Waals surface area contributed by atoms with Crippen LogP contribution in [0.1, 0.15) is 36.4 Å². The van der Waals surface area contributed by atoms with E-state index in [1.54, 1.807) is 32.7 Å². The first kappa shape index (κ1) is 24.1. The van der Waals surface area contributed by atoms with E-state index in [1.165, 1.54) is 28.1 Å². The Morgan fingerprint density at radius 1 is 1.16 bits per heavy atom. The van der Waals surface area contributed by atoms with Gasteiger partial charge >= 0.3 is 0 Å². The van der Waals surface area contributed by atoms with Crippen molar-refractivity contribution in [3.8, 4) is 10.4 Å². The molecule has 0 aliphatic rings. The maximum absolute atomic E-state index is 13.9. The molecule has 1 aromatic carbocycles. The zero-order valence-electron chi connectivity index (χ0n) is 18.0. The third kappa shape index (κ3) is 7.21. The Hall–Kier alpha value is -3.20. The Labute approximate surface area is 185 Å². The molecule has 3 rings (SSSR count). The van der Waals surface area contributed by atoms with E-state index in [1.807, 2.05) is 6.07 Å². The minimum atomic E-state index is -1.82. The first-order valence-corrected chi connectivity index (χ1v) is 10.5. The van der Waals surface area contributed by atoms with Crippen LogP contribution in [0, 0.1) is 0 Å². The molecule has 2 atom stereocenters. The number of carbonyl (C=O) groups is 1. The number of halogens is 1. The second-order valence-electron chi connectivity index (χ2n) is 7.16. The summed E-state index contributed by atoms with van der Waals surface area (Å²) in [5, 5.41) is 0.364. The number of thiazole rings is 1. The number of aliphatic imine (C=N–C) groups is 1. The molecule has 2 unspecified atom stereocenters. The number of hydrogen-bond donors (Lipinski definition) is 1. The normalized spacial score (nSPS) is 13.2. The molecule has 0 aliphatic heterocycles. The monoisotopic (exact) mass is 442 g/mol. The zero-order chi connectivity index (χ0) is 22.8. The van der Waals surface area contributed by atoms with Crippen LogP contribution in [0.3, 0.4) is 0 Å². The average Bonchev–Trinajstić information content (AvgIpc) is 3.28. The molecular formula is C22H27FN6OS. The van der Waals surface area contributed by atoms with Gasteiger partial charge in [0.15, 0.2) is 18.4 Å². The molecule has 2 heterocycles. The number of carbonyl (C=O) groups excluding carboxylic acids is 1. The van der Waals surface area contributed by atoms with Crippen molar-refractivity contribution in [3.05, 3.63) is 65.8 Å². The summed E-state index contributed by atoms with van der Waals surface area (Å²) >= 11 is 1.22. The van der Waals surface area contributed by atoms with Gasteiger partial charge in [-0.15, -0.1) is 11.3 Å². The number of aldehydes is 1. The quantitative estimate of drug-likeness (QED) is 0.354. The molecule has 3 aromatic rings. The number of nitrogens with two attached hydrogens (primary N) is 1. The Morgan fingerprint density at radius 3 is 2.32 bits per heavy atom. The van der Waals surface area contributed by atoms with Gasteiger partial charge in [-0.3, -0.25) is 0 Å². The van der Waals surface area contributed by atoms with Gasteiger partial charge in [0.1, 0.15) is 17.4 Å². The molecule has 0 spiro atoms. The Morgan fingerprint density at radius 2 is 1.81 bits per heavy atom.